The Morgan fingerprint density at radius 2 is 1.72 bits per heavy atom. The van der Waals surface area contributed by atoms with Crippen molar-refractivity contribution >= 4 is 17.5 Å². The van der Waals surface area contributed by atoms with Crippen molar-refractivity contribution in [1.29, 1.82) is 0 Å². The summed E-state index contributed by atoms with van der Waals surface area (Å²) in [6, 6.07) is 14.5. The zero-order valence-electron chi connectivity index (χ0n) is 14.5. The van der Waals surface area contributed by atoms with Crippen molar-refractivity contribution in [3.8, 4) is 11.4 Å². The molecule has 1 aliphatic rings. The number of nitrogens with zero attached hydrogens (tertiary/aromatic N) is 3. The van der Waals surface area contributed by atoms with Crippen molar-refractivity contribution in [3.05, 3.63) is 59.8 Å². The van der Waals surface area contributed by atoms with Gasteiger partial charge in [0, 0.05) is 24.0 Å². The Labute approximate surface area is 147 Å². The van der Waals surface area contributed by atoms with Crippen LogP contribution < -0.4 is 10.6 Å². The van der Waals surface area contributed by atoms with E-state index in [2.05, 4.69) is 57.6 Å². The molecule has 0 atom stereocenters. The summed E-state index contributed by atoms with van der Waals surface area (Å²) in [5.41, 5.74) is 5.12. The maximum absolute atomic E-state index is 4.66. The normalized spacial score (nSPS) is 13.5. The molecule has 2 aromatic heterocycles. The smallest absolute Gasteiger partial charge is 0.225 e. The summed E-state index contributed by atoms with van der Waals surface area (Å²) in [6.07, 6.45) is 4.14. The van der Waals surface area contributed by atoms with Gasteiger partial charge in [0.25, 0.3) is 0 Å². The number of anilines is 3. The number of pyridine rings is 1. The second kappa shape index (κ2) is 6.51. The van der Waals surface area contributed by atoms with Crippen LogP contribution in [-0.2, 0) is 0 Å². The van der Waals surface area contributed by atoms with E-state index in [1.165, 1.54) is 24.0 Å². The van der Waals surface area contributed by atoms with Gasteiger partial charge >= 0.3 is 0 Å². The van der Waals surface area contributed by atoms with Crippen LogP contribution in [0.5, 0.6) is 0 Å². The number of hydrogen-bond donors (Lipinski definition) is 2. The van der Waals surface area contributed by atoms with Crippen molar-refractivity contribution < 1.29 is 0 Å². The quantitative estimate of drug-likeness (QED) is 0.722. The van der Waals surface area contributed by atoms with Gasteiger partial charge in [0.2, 0.25) is 5.95 Å². The third-order valence-electron chi connectivity index (χ3n) is 4.30. The van der Waals surface area contributed by atoms with E-state index >= 15 is 0 Å². The van der Waals surface area contributed by atoms with E-state index in [1.54, 1.807) is 6.20 Å². The van der Waals surface area contributed by atoms with Crippen LogP contribution in [0.4, 0.5) is 17.5 Å². The monoisotopic (exact) mass is 331 g/mol. The van der Waals surface area contributed by atoms with Crippen LogP contribution in [-0.4, -0.2) is 21.0 Å². The fraction of sp³-hybridized carbons (Fsp3) is 0.250. The molecule has 1 saturated carbocycles. The van der Waals surface area contributed by atoms with E-state index in [-0.39, 0.29) is 0 Å². The van der Waals surface area contributed by atoms with Crippen molar-refractivity contribution in [3.63, 3.8) is 0 Å². The Kier molecular flexibility index (Phi) is 4.06. The molecule has 0 radical (unpaired) electrons. The zero-order chi connectivity index (χ0) is 17.2. The molecule has 0 aliphatic heterocycles. The van der Waals surface area contributed by atoms with E-state index in [4.69, 9.17) is 0 Å². The van der Waals surface area contributed by atoms with Gasteiger partial charge in [-0.1, -0.05) is 24.3 Å². The van der Waals surface area contributed by atoms with E-state index in [1.807, 2.05) is 24.3 Å². The highest BCUT2D eigenvalue weighted by Crippen LogP contribution is 2.28. The molecule has 2 N–H and O–H groups in total. The number of hydrogen-bond acceptors (Lipinski definition) is 5. The Morgan fingerprint density at radius 3 is 2.40 bits per heavy atom. The van der Waals surface area contributed by atoms with Gasteiger partial charge in [-0.05, 0) is 49.9 Å². The lowest BCUT2D eigenvalue weighted by Gasteiger charge is -2.14. The number of benzene rings is 1. The molecular weight excluding hydrogens is 310 g/mol. The minimum Gasteiger partial charge on any atom is -0.351 e. The number of aromatic nitrogens is 3. The Balaban J connectivity index is 1.73. The molecule has 5 nitrogen and oxygen atoms in total. The van der Waals surface area contributed by atoms with Gasteiger partial charge in [0.15, 0.2) is 0 Å². The van der Waals surface area contributed by atoms with Crippen LogP contribution in [0.15, 0.2) is 48.7 Å². The van der Waals surface area contributed by atoms with Gasteiger partial charge in [-0.15, -0.1) is 0 Å². The molecule has 5 heteroatoms. The van der Waals surface area contributed by atoms with Crippen LogP contribution in [0.25, 0.3) is 11.4 Å². The lowest BCUT2D eigenvalue weighted by atomic mass is 10.1. The molecule has 126 valence electrons. The van der Waals surface area contributed by atoms with Crippen molar-refractivity contribution in [2.24, 2.45) is 0 Å². The highest BCUT2D eigenvalue weighted by Gasteiger charge is 2.22. The molecule has 0 saturated heterocycles. The predicted octanol–water partition coefficient (Wildman–Crippen LogP) is 4.47. The standard InChI is InChI=1S/C20H21N5/c1-13-6-5-7-14(2)19(13)24-18-12-17(16-8-3-4-11-21-16)23-20(25-18)22-15-9-10-15/h3-8,11-12,15H,9-10H2,1-2H3,(H2,22,23,24,25). The molecule has 4 rings (SSSR count). The van der Waals surface area contributed by atoms with Crippen LogP contribution in [0, 0.1) is 13.8 Å². The number of nitrogens with one attached hydrogen (secondary N) is 2. The molecule has 2 heterocycles. The van der Waals surface area contributed by atoms with Crippen LogP contribution >= 0.6 is 0 Å². The highest BCUT2D eigenvalue weighted by atomic mass is 15.2. The SMILES string of the molecule is Cc1cccc(C)c1Nc1cc(-c2ccccn2)nc(NC2CC2)n1. The van der Waals surface area contributed by atoms with Crippen molar-refractivity contribution in [2.45, 2.75) is 32.7 Å². The summed E-state index contributed by atoms with van der Waals surface area (Å²) in [6.45, 7) is 4.19. The maximum atomic E-state index is 4.66. The predicted molar refractivity (Wildman–Crippen MR) is 101 cm³/mol. The third-order valence-corrected chi connectivity index (χ3v) is 4.30. The van der Waals surface area contributed by atoms with Gasteiger partial charge in [-0.25, -0.2) is 4.98 Å². The minimum atomic E-state index is 0.493. The average Bonchev–Trinajstić information content (AvgIpc) is 3.43. The lowest BCUT2D eigenvalue weighted by molar-refractivity contribution is 1.05. The molecular formula is C20H21N5. The fourth-order valence-corrected chi connectivity index (χ4v) is 2.77. The lowest BCUT2D eigenvalue weighted by Crippen LogP contribution is -2.08. The summed E-state index contributed by atoms with van der Waals surface area (Å²) >= 11 is 0. The van der Waals surface area contributed by atoms with Crippen LogP contribution in [0.1, 0.15) is 24.0 Å². The van der Waals surface area contributed by atoms with Gasteiger partial charge in [-0.3, -0.25) is 4.98 Å². The Hall–Kier alpha value is -2.95. The molecule has 0 bridgehead atoms. The first kappa shape index (κ1) is 15.6. The zero-order valence-corrected chi connectivity index (χ0v) is 14.5. The minimum absolute atomic E-state index is 0.493. The molecule has 0 unspecified atom stereocenters. The molecule has 25 heavy (non-hydrogen) atoms. The average molecular weight is 331 g/mol. The summed E-state index contributed by atoms with van der Waals surface area (Å²) in [4.78, 5) is 13.7. The van der Waals surface area contributed by atoms with Crippen molar-refractivity contribution in [1.82, 2.24) is 15.0 Å². The summed E-state index contributed by atoms with van der Waals surface area (Å²) in [5, 5.41) is 6.86. The molecule has 0 amide bonds. The first-order chi connectivity index (χ1) is 12.2. The maximum Gasteiger partial charge on any atom is 0.225 e. The number of aryl methyl sites for hydroxylation is 2. The van der Waals surface area contributed by atoms with E-state index in [9.17, 15) is 0 Å². The van der Waals surface area contributed by atoms with E-state index in [0.29, 0.717) is 12.0 Å². The molecule has 1 fully saturated rings. The first-order valence-electron chi connectivity index (χ1n) is 8.59. The van der Waals surface area contributed by atoms with Crippen molar-refractivity contribution in [2.75, 3.05) is 10.6 Å². The van der Waals surface area contributed by atoms with E-state index < -0.39 is 0 Å². The fourth-order valence-electron chi connectivity index (χ4n) is 2.77. The molecule has 1 aromatic carbocycles. The molecule has 3 aromatic rings. The van der Waals surface area contributed by atoms with Crippen LogP contribution in [0.2, 0.25) is 0 Å². The summed E-state index contributed by atoms with van der Waals surface area (Å²) < 4.78 is 0. The van der Waals surface area contributed by atoms with Gasteiger partial charge in [0.05, 0.1) is 11.4 Å². The van der Waals surface area contributed by atoms with Gasteiger partial charge < -0.3 is 10.6 Å². The van der Waals surface area contributed by atoms with E-state index in [0.717, 1.165) is 22.9 Å². The number of para-hydroxylation sites is 1. The van der Waals surface area contributed by atoms with Gasteiger partial charge in [-0.2, -0.15) is 4.98 Å². The van der Waals surface area contributed by atoms with Crippen LogP contribution in [0.3, 0.4) is 0 Å². The third kappa shape index (κ3) is 3.60. The topological polar surface area (TPSA) is 62.7 Å². The molecule has 1 aliphatic carbocycles. The second-order valence-corrected chi connectivity index (χ2v) is 6.49. The largest absolute Gasteiger partial charge is 0.351 e. The Bertz CT molecular complexity index is 868. The second-order valence-electron chi connectivity index (χ2n) is 6.49. The van der Waals surface area contributed by atoms with Gasteiger partial charge in [0.1, 0.15) is 5.82 Å². The summed E-state index contributed by atoms with van der Waals surface area (Å²) in [5.74, 6) is 1.43. The summed E-state index contributed by atoms with van der Waals surface area (Å²) in [7, 11) is 0. The Morgan fingerprint density at radius 1 is 0.920 bits per heavy atom. The molecule has 0 spiro atoms. The first-order valence-corrected chi connectivity index (χ1v) is 8.59. The highest BCUT2D eigenvalue weighted by molar-refractivity contribution is 5.68. The number of rotatable bonds is 5.